The van der Waals surface area contributed by atoms with Crippen molar-refractivity contribution in [2.24, 2.45) is 0 Å². The maximum Gasteiger partial charge on any atom is 0.360 e. The van der Waals surface area contributed by atoms with Crippen LogP contribution in [0.25, 0.3) is 0 Å². The lowest BCUT2D eigenvalue weighted by Gasteiger charge is -2.20. The molecule has 0 spiro atoms. The Bertz CT molecular complexity index is 334. The molecule has 0 aromatic carbocycles. The second-order valence-electron chi connectivity index (χ2n) is 3.55. The van der Waals surface area contributed by atoms with E-state index in [4.69, 9.17) is 4.52 Å². The van der Waals surface area contributed by atoms with Gasteiger partial charge in [-0.3, -0.25) is 0 Å². The molecule has 72 valence electrons. The van der Waals surface area contributed by atoms with Crippen LogP contribution in [0.5, 0.6) is 0 Å². The third-order valence-electron chi connectivity index (χ3n) is 2.67. The number of rotatable bonds is 1. The van der Waals surface area contributed by atoms with Crippen molar-refractivity contribution in [1.82, 2.24) is 10.5 Å². The maximum atomic E-state index is 11.3. The fourth-order valence-electron chi connectivity index (χ4n) is 1.97. The van der Waals surface area contributed by atoms with Crippen molar-refractivity contribution in [3.05, 3.63) is 21.7 Å². The van der Waals surface area contributed by atoms with E-state index in [-0.39, 0.29) is 5.63 Å². The van der Waals surface area contributed by atoms with Gasteiger partial charge in [0.15, 0.2) is 0 Å². The molecule has 1 aliphatic heterocycles. The van der Waals surface area contributed by atoms with Gasteiger partial charge in [0.2, 0.25) is 0 Å². The largest absolute Gasteiger partial charge is 0.360 e. The molecule has 2 N–H and O–H groups in total. The molecule has 0 atom stereocenters. The molecule has 13 heavy (non-hydrogen) atoms. The van der Waals surface area contributed by atoms with Gasteiger partial charge in [-0.2, -0.15) is 0 Å². The van der Waals surface area contributed by atoms with E-state index in [1.165, 1.54) is 0 Å². The predicted octanol–water partition coefficient (Wildman–Crippen LogP) is 0.743. The lowest BCUT2D eigenvalue weighted by Crippen LogP contribution is -2.28. The summed E-state index contributed by atoms with van der Waals surface area (Å²) in [6.07, 6.45) is 2.06. The Labute approximate surface area is 76.3 Å². The van der Waals surface area contributed by atoms with Gasteiger partial charge in [0.05, 0.1) is 11.3 Å². The average molecular weight is 182 g/mol. The molecule has 2 heterocycles. The molecule has 0 amide bonds. The predicted molar refractivity (Wildman–Crippen MR) is 48.9 cm³/mol. The standard InChI is InChI=1S/C9H14N2O2/c1-6-8(9(12)13-11-6)7-2-4-10-5-3-7/h7,10-11H,2-5H2,1H3. The summed E-state index contributed by atoms with van der Waals surface area (Å²) in [7, 11) is 0. The first kappa shape index (κ1) is 8.56. The van der Waals surface area contributed by atoms with E-state index in [1.54, 1.807) is 0 Å². The van der Waals surface area contributed by atoms with E-state index in [2.05, 4.69) is 10.5 Å². The summed E-state index contributed by atoms with van der Waals surface area (Å²) in [6, 6.07) is 0. The summed E-state index contributed by atoms with van der Waals surface area (Å²) in [6.45, 7) is 3.88. The van der Waals surface area contributed by atoms with Crippen LogP contribution in [0.3, 0.4) is 0 Å². The van der Waals surface area contributed by atoms with Gasteiger partial charge in [-0.25, -0.2) is 9.95 Å². The fourth-order valence-corrected chi connectivity index (χ4v) is 1.97. The number of H-pyrrole nitrogens is 1. The van der Waals surface area contributed by atoms with Crippen molar-refractivity contribution in [3.8, 4) is 0 Å². The summed E-state index contributed by atoms with van der Waals surface area (Å²) in [5.74, 6) is 0.378. The topological polar surface area (TPSA) is 58.0 Å². The molecular formula is C9H14N2O2. The van der Waals surface area contributed by atoms with Crippen LogP contribution in [0.2, 0.25) is 0 Å². The van der Waals surface area contributed by atoms with Gasteiger partial charge in [-0.15, -0.1) is 0 Å². The molecular weight excluding hydrogens is 168 g/mol. The Morgan fingerprint density at radius 3 is 2.62 bits per heavy atom. The number of aryl methyl sites for hydroxylation is 1. The average Bonchev–Trinajstić information content (AvgIpc) is 2.48. The lowest BCUT2D eigenvalue weighted by atomic mass is 9.91. The minimum atomic E-state index is -0.190. The van der Waals surface area contributed by atoms with Crippen molar-refractivity contribution in [2.75, 3.05) is 13.1 Å². The van der Waals surface area contributed by atoms with Gasteiger partial charge in [0.25, 0.3) is 0 Å². The van der Waals surface area contributed by atoms with Gasteiger partial charge in [0, 0.05) is 0 Å². The Kier molecular flexibility index (Phi) is 2.22. The Hall–Kier alpha value is -1.03. The zero-order chi connectivity index (χ0) is 9.26. The monoisotopic (exact) mass is 182 g/mol. The number of nitrogens with one attached hydrogen (secondary N) is 2. The zero-order valence-electron chi connectivity index (χ0n) is 7.72. The molecule has 4 nitrogen and oxygen atoms in total. The SMILES string of the molecule is Cc1[nH]oc(=O)c1C1CCNCC1. The summed E-state index contributed by atoms with van der Waals surface area (Å²) in [5.41, 5.74) is 1.54. The molecule has 2 rings (SSSR count). The highest BCUT2D eigenvalue weighted by Crippen LogP contribution is 2.24. The Balaban J connectivity index is 2.27. The van der Waals surface area contributed by atoms with Crippen LogP contribution in [0, 0.1) is 6.92 Å². The normalized spacial score (nSPS) is 19.2. The van der Waals surface area contributed by atoms with Gasteiger partial charge in [0.1, 0.15) is 0 Å². The first-order chi connectivity index (χ1) is 6.29. The first-order valence-corrected chi connectivity index (χ1v) is 4.67. The van der Waals surface area contributed by atoms with Crippen LogP contribution in [-0.2, 0) is 0 Å². The zero-order valence-corrected chi connectivity index (χ0v) is 7.72. The number of aromatic amines is 1. The van der Waals surface area contributed by atoms with Gasteiger partial charge < -0.3 is 9.84 Å². The van der Waals surface area contributed by atoms with Crippen LogP contribution in [-0.4, -0.2) is 18.2 Å². The van der Waals surface area contributed by atoms with Gasteiger partial charge in [-0.1, -0.05) is 0 Å². The molecule has 0 radical (unpaired) electrons. The highest BCUT2D eigenvalue weighted by molar-refractivity contribution is 5.19. The molecule has 1 aromatic rings. The van der Waals surface area contributed by atoms with Crippen molar-refractivity contribution >= 4 is 0 Å². The molecule has 1 aromatic heterocycles. The number of piperidine rings is 1. The number of aromatic nitrogens is 1. The van der Waals surface area contributed by atoms with E-state index < -0.39 is 0 Å². The third kappa shape index (κ3) is 1.54. The summed E-state index contributed by atoms with van der Waals surface area (Å²) < 4.78 is 4.75. The number of hydrogen-bond donors (Lipinski definition) is 2. The van der Waals surface area contributed by atoms with E-state index in [1.807, 2.05) is 6.92 Å². The minimum absolute atomic E-state index is 0.190. The molecule has 1 aliphatic rings. The van der Waals surface area contributed by atoms with Crippen molar-refractivity contribution in [3.63, 3.8) is 0 Å². The molecule has 1 saturated heterocycles. The highest BCUT2D eigenvalue weighted by atomic mass is 16.5. The first-order valence-electron chi connectivity index (χ1n) is 4.67. The minimum Gasteiger partial charge on any atom is -0.339 e. The molecule has 0 bridgehead atoms. The number of hydrogen-bond acceptors (Lipinski definition) is 3. The molecule has 1 fully saturated rings. The van der Waals surface area contributed by atoms with Crippen LogP contribution in [0.4, 0.5) is 0 Å². The lowest BCUT2D eigenvalue weighted by molar-refractivity contribution is 0.382. The fraction of sp³-hybridized carbons (Fsp3) is 0.667. The molecule has 0 saturated carbocycles. The summed E-state index contributed by atoms with van der Waals surface area (Å²) in [4.78, 5) is 11.3. The third-order valence-corrected chi connectivity index (χ3v) is 2.67. The molecule has 0 aliphatic carbocycles. The van der Waals surface area contributed by atoms with E-state index in [0.29, 0.717) is 5.92 Å². The summed E-state index contributed by atoms with van der Waals surface area (Å²) in [5, 5.41) is 5.90. The smallest absolute Gasteiger partial charge is 0.339 e. The van der Waals surface area contributed by atoms with Crippen molar-refractivity contribution in [1.29, 1.82) is 0 Å². The van der Waals surface area contributed by atoms with Crippen LogP contribution in [0.1, 0.15) is 30.0 Å². The molecule has 0 unspecified atom stereocenters. The second kappa shape index (κ2) is 3.38. The van der Waals surface area contributed by atoms with E-state index >= 15 is 0 Å². The maximum absolute atomic E-state index is 11.3. The summed E-state index contributed by atoms with van der Waals surface area (Å²) >= 11 is 0. The van der Waals surface area contributed by atoms with Crippen LogP contribution < -0.4 is 10.9 Å². The Morgan fingerprint density at radius 2 is 2.08 bits per heavy atom. The quantitative estimate of drug-likeness (QED) is 0.673. The Morgan fingerprint density at radius 1 is 1.38 bits per heavy atom. The van der Waals surface area contributed by atoms with Crippen molar-refractivity contribution in [2.45, 2.75) is 25.7 Å². The van der Waals surface area contributed by atoms with Crippen molar-refractivity contribution < 1.29 is 4.52 Å². The highest BCUT2D eigenvalue weighted by Gasteiger charge is 2.22. The van der Waals surface area contributed by atoms with Crippen LogP contribution in [0.15, 0.2) is 9.32 Å². The second-order valence-corrected chi connectivity index (χ2v) is 3.55. The van der Waals surface area contributed by atoms with E-state index in [9.17, 15) is 4.79 Å². The molecule has 4 heteroatoms. The van der Waals surface area contributed by atoms with Crippen LogP contribution >= 0.6 is 0 Å². The van der Waals surface area contributed by atoms with Gasteiger partial charge >= 0.3 is 5.63 Å². The van der Waals surface area contributed by atoms with Gasteiger partial charge in [-0.05, 0) is 38.8 Å². The van der Waals surface area contributed by atoms with E-state index in [0.717, 1.165) is 37.2 Å².